The van der Waals surface area contributed by atoms with Gasteiger partial charge in [-0.2, -0.15) is 0 Å². The van der Waals surface area contributed by atoms with Gasteiger partial charge in [0.1, 0.15) is 6.61 Å². The maximum Gasteiger partial charge on any atom is 0.410 e. The van der Waals surface area contributed by atoms with E-state index in [1.807, 2.05) is 35.2 Å². The van der Waals surface area contributed by atoms with Crippen LogP contribution < -0.4 is 5.32 Å². The van der Waals surface area contributed by atoms with Crippen LogP contribution in [0.15, 0.2) is 30.3 Å². The highest BCUT2D eigenvalue weighted by Crippen LogP contribution is 2.13. The fraction of sp³-hybridized carbons (Fsp3) is 0.562. The van der Waals surface area contributed by atoms with Gasteiger partial charge in [0, 0.05) is 38.8 Å². The normalized spacial score (nSPS) is 22.2. The van der Waals surface area contributed by atoms with Gasteiger partial charge in [-0.25, -0.2) is 4.79 Å². The second-order valence-electron chi connectivity index (χ2n) is 5.71. The lowest BCUT2D eigenvalue weighted by Gasteiger charge is -2.37. The minimum absolute atomic E-state index is 0. The molecule has 2 aliphatic heterocycles. The molecule has 1 aromatic rings. The van der Waals surface area contributed by atoms with Crippen LogP contribution in [0.1, 0.15) is 12.0 Å². The maximum atomic E-state index is 12.1. The van der Waals surface area contributed by atoms with E-state index < -0.39 is 0 Å². The van der Waals surface area contributed by atoms with Crippen LogP contribution in [-0.4, -0.2) is 61.2 Å². The number of halogens is 1. The van der Waals surface area contributed by atoms with Gasteiger partial charge in [-0.15, -0.1) is 12.4 Å². The van der Waals surface area contributed by atoms with E-state index in [1.54, 1.807) is 0 Å². The molecule has 0 saturated carbocycles. The maximum absolute atomic E-state index is 12.1. The lowest BCUT2D eigenvalue weighted by Crippen LogP contribution is -2.52. The summed E-state index contributed by atoms with van der Waals surface area (Å²) in [5, 5.41) is 3.40. The van der Waals surface area contributed by atoms with Crippen molar-refractivity contribution in [1.82, 2.24) is 15.1 Å². The Balaban J connectivity index is 0.00000176. The van der Waals surface area contributed by atoms with Crippen molar-refractivity contribution in [3.05, 3.63) is 35.9 Å². The second-order valence-corrected chi connectivity index (χ2v) is 5.71. The highest BCUT2D eigenvalue weighted by Gasteiger charge is 2.28. The average molecular weight is 326 g/mol. The number of nitrogens with one attached hydrogen (secondary N) is 1. The number of amides is 1. The molecule has 2 fully saturated rings. The van der Waals surface area contributed by atoms with Crippen molar-refractivity contribution in [3.63, 3.8) is 0 Å². The fourth-order valence-electron chi connectivity index (χ4n) is 3.03. The van der Waals surface area contributed by atoms with Gasteiger partial charge in [-0.3, -0.25) is 4.90 Å². The van der Waals surface area contributed by atoms with Gasteiger partial charge in [-0.1, -0.05) is 30.3 Å². The summed E-state index contributed by atoms with van der Waals surface area (Å²) in [7, 11) is 0. The highest BCUT2D eigenvalue weighted by atomic mass is 35.5. The van der Waals surface area contributed by atoms with E-state index in [1.165, 1.54) is 6.42 Å². The molecule has 0 bridgehead atoms. The van der Waals surface area contributed by atoms with Gasteiger partial charge in [0.05, 0.1) is 0 Å². The molecule has 3 rings (SSSR count). The van der Waals surface area contributed by atoms with E-state index in [-0.39, 0.29) is 18.5 Å². The molecule has 0 aliphatic carbocycles. The largest absolute Gasteiger partial charge is 0.445 e. The van der Waals surface area contributed by atoms with Crippen LogP contribution in [-0.2, 0) is 11.3 Å². The Bertz CT molecular complexity index is 458. The van der Waals surface area contributed by atoms with Crippen molar-refractivity contribution in [2.24, 2.45) is 0 Å². The molecule has 2 saturated heterocycles. The standard InChI is InChI=1S/C16H23N3O2.ClH/c20-16(21-13-14-4-2-1-3-5-14)19-10-8-18(9-11-19)15-6-7-17-12-15;/h1-5,15,17H,6-13H2;1H. The topological polar surface area (TPSA) is 44.8 Å². The molecule has 5 nitrogen and oxygen atoms in total. The van der Waals surface area contributed by atoms with E-state index in [0.717, 1.165) is 44.8 Å². The van der Waals surface area contributed by atoms with Gasteiger partial charge in [-0.05, 0) is 18.5 Å². The van der Waals surface area contributed by atoms with Gasteiger partial charge in [0.15, 0.2) is 0 Å². The van der Waals surface area contributed by atoms with Crippen LogP contribution >= 0.6 is 12.4 Å². The minimum Gasteiger partial charge on any atom is -0.445 e. The van der Waals surface area contributed by atoms with Crippen molar-refractivity contribution in [1.29, 1.82) is 0 Å². The number of nitrogens with zero attached hydrogens (tertiary/aromatic N) is 2. The molecule has 1 amide bonds. The molecule has 1 aromatic carbocycles. The molecule has 6 heteroatoms. The van der Waals surface area contributed by atoms with Crippen molar-refractivity contribution >= 4 is 18.5 Å². The predicted octanol–water partition coefficient (Wildman–Crippen LogP) is 1.72. The highest BCUT2D eigenvalue weighted by molar-refractivity contribution is 5.85. The third kappa shape index (κ3) is 4.35. The number of piperazine rings is 1. The summed E-state index contributed by atoms with van der Waals surface area (Å²) < 4.78 is 5.38. The third-order valence-corrected chi connectivity index (χ3v) is 4.33. The monoisotopic (exact) mass is 325 g/mol. The number of ether oxygens (including phenoxy) is 1. The zero-order chi connectivity index (χ0) is 14.5. The molecule has 122 valence electrons. The lowest BCUT2D eigenvalue weighted by atomic mass is 10.2. The summed E-state index contributed by atoms with van der Waals surface area (Å²) in [5.74, 6) is 0. The first-order valence-electron chi connectivity index (χ1n) is 7.73. The molecule has 1 N–H and O–H groups in total. The number of rotatable bonds is 3. The number of hydrogen-bond acceptors (Lipinski definition) is 4. The molecule has 0 radical (unpaired) electrons. The number of benzene rings is 1. The third-order valence-electron chi connectivity index (χ3n) is 4.33. The Hall–Kier alpha value is -1.30. The Morgan fingerprint density at radius 3 is 2.55 bits per heavy atom. The fourth-order valence-corrected chi connectivity index (χ4v) is 3.03. The van der Waals surface area contributed by atoms with E-state index >= 15 is 0 Å². The van der Waals surface area contributed by atoms with Crippen LogP contribution in [0.4, 0.5) is 4.79 Å². The summed E-state index contributed by atoms with van der Waals surface area (Å²) in [5.41, 5.74) is 1.03. The zero-order valence-corrected chi connectivity index (χ0v) is 13.6. The molecule has 2 heterocycles. The van der Waals surface area contributed by atoms with E-state index in [2.05, 4.69) is 10.2 Å². The van der Waals surface area contributed by atoms with Gasteiger partial charge < -0.3 is 15.0 Å². The predicted molar refractivity (Wildman–Crippen MR) is 88.3 cm³/mol. The molecular weight excluding hydrogens is 302 g/mol. The first kappa shape index (κ1) is 17.1. The first-order chi connectivity index (χ1) is 10.3. The van der Waals surface area contributed by atoms with Crippen LogP contribution in [0.3, 0.4) is 0 Å². The van der Waals surface area contributed by atoms with Gasteiger partial charge in [0.25, 0.3) is 0 Å². The van der Waals surface area contributed by atoms with E-state index in [9.17, 15) is 4.79 Å². The van der Waals surface area contributed by atoms with Crippen LogP contribution in [0.5, 0.6) is 0 Å². The quantitative estimate of drug-likeness (QED) is 0.919. The van der Waals surface area contributed by atoms with E-state index in [0.29, 0.717) is 12.6 Å². The lowest BCUT2D eigenvalue weighted by molar-refractivity contribution is 0.0622. The molecular formula is C16H24ClN3O2. The Morgan fingerprint density at radius 1 is 1.18 bits per heavy atom. The van der Waals surface area contributed by atoms with Crippen molar-refractivity contribution < 1.29 is 9.53 Å². The zero-order valence-electron chi connectivity index (χ0n) is 12.7. The van der Waals surface area contributed by atoms with Crippen LogP contribution in [0.25, 0.3) is 0 Å². The van der Waals surface area contributed by atoms with Crippen LogP contribution in [0, 0.1) is 0 Å². The van der Waals surface area contributed by atoms with Crippen molar-refractivity contribution in [2.45, 2.75) is 19.1 Å². The summed E-state index contributed by atoms with van der Waals surface area (Å²) in [6.07, 6.45) is 1.03. The summed E-state index contributed by atoms with van der Waals surface area (Å²) >= 11 is 0. The smallest absolute Gasteiger partial charge is 0.410 e. The molecule has 2 aliphatic rings. The SMILES string of the molecule is Cl.O=C(OCc1ccccc1)N1CCN(C2CCNC2)CC1. The first-order valence-corrected chi connectivity index (χ1v) is 7.73. The number of carbonyl (C=O) groups excluding carboxylic acids is 1. The Kier molecular flexibility index (Phi) is 6.49. The number of carbonyl (C=O) groups is 1. The van der Waals surface area contributed by atoms with Gasteiger partial charge >= 0.3 is 6.09 Å². The molecule has 22 heavy (non-hydrogen) atoms. The van der Waals surface area contributed by atoms with Gasteiger partial charge in [0.2, 0.25) is 0 Å². The molecule has 0 aromatic heterocycles. The Morgan fingerprint density at radius 2 is 1.91 bits per heavy atom. The molecule has 1 unspecified atom stereocenters. The summed E-state index contributed by atoms with van der Waals surface area (Å²) in [6, 6.07) is 10.5. The summed E-state index contributed by atoms with van der Waals surface area (Å²) in [4.78, 5) is 16.4. The summed E-state index contributed by atoms with van der Waals surface area (Å²) in [6.45, 7) is 5.99. The van der Waals surface area contributed by atoms with Crippen molar-refractivity contribution in [3.8, 4) is 0 Å². The second kappa shape index (κ2) is 8.36. The minimum atomic E-state index is -0.192. The van der Waals surface area contributed by atoms with Crippen molar-refractivity contribution in [2.75, 3.05) is 39.3 Å². The van der Waals surface area contributed by atoms with E-state index in [4.69, 9.17) is 4.74 Å². The molecule has 0 spiro atoms. The van der Waals surface area contributed by atoms with Crippen LogP contribution in [0.2, 0.25) is 0 Å². The average Bonchev–Trinajstić information content (AvgIpc) is 3.08. The number of hydrogen-bond donors (Lipinski definition) is 1. The molecule has 1 atom stereocenters. The Labute approximate surface area is 138 Å².